The van der Waals surface area contributed by atoms with Crippen LogP contribution < -0.4 is 15.8 Å². The molecule has 2 aliphatic rings. The minimum Gasteiger partial charge on any atom is -0.508 e. The van der Waals surface area contributed by atoms with Crippen LogP contribution in [0, 0.1) is 0 Å². The summed E-state index contributed by atoms with van der Waals surface area (Å²) >= 11 is 0. The minimum absolute atomic E-state index is 0.0280. The molecule has 1 amide bonds. The van der Waals surface area contributed by atoms with E-state index in [2.05, 4.69) is 5.32 Å². The number of esters is 1. The molecule has 0 fully saturated rings. The van der Waals surface area contributed by atoms with Crippen LogP contribution >= 0.6 is 0 Å². The molecule has 1 atom stereocenters. The van der Waals surface area contributed by atoms with Gasteiger partial charge in [-0.3, -0.25) is 9.59 Å². The number of rotatable bonds is 8. The summed E-state index contributed by atoms with van der Waals surface area (Å²) in [7, 11) is 0. The van der Waals surface area contributed by atoms with E-state index < -0.39 is 17.6 Å². The summed E-state index contributed by atoms with van der Waals surface area (Å²) in [6.07, 6.45) is 2.35. The Morgan fingerprint density at radius 1 is 0.947 bits per heavy atom. The lowest BCUT2D eigenvalue weighted by atomic mass is 9.77. The monoisotopic (exact) mass is 516 g/mol. The third kappa shape index (κ3) is 4.24. The van der Waals surface area contributed by atoms with Gasteiger partial charge in [-0.15, -0.1) is 0 Å². The van der Waals surface area contributed by atoms with Gasteiger partial charge < -0.3 is 30.7 Å². The fourth-order valence-electron chi connectivity index (χ4n) is 5.06. The second-order valence-electron chi connectivity index (χ2n) is 9.47. The zero-order chi connectivity index (χ0) is 27.0. The number of hydrogen-bond acceptors (Lipinski definition) is 8. The van der Waals surface area contributed by atoms with Crippen LogP contribution in [0.25, 0.3) is 0 Å². The number of fused-ring (bicyclic) bond motifs is 6. The maximum atomic E-state index is 13.2. The largest absolute Gasteiger partial charge is 0.508 e. The summed E-state index contributed by atoms with van der Waals surface area (Å²) in [5.74, 6) is -0.407. The van der Waals surface area contributed by atoms with E-state index in [-0.39, 0.29) is 40.3 Å². The lowest BCUT2D eigenvalue weighted by Gasteiger charge is -2.36. The van der Waals surface area contributed by atoms with Crippen molar-refractivity contribution in [3.63, 3.8) is 0 Å². The van der Waals surface area contributed by atoms with Crippen molar-refractivity contribution in [1.29, 1.82) is 0 Å². The zero-order valence-corrected chi connectivity index (χ0v) is 20.8. The number of phenolic OH excluding ortho intramolecular Hbond substituents is 2. The molecule has 0 aliphatic carbocycles. The first-order valence-corrected chi connectivity index (χ1v) is 12.5. The smallest absolute Gasteiger partial charge is 0.340 e. The third-order valence-electron chi connectivity index (χ3n) is 7.03. The molecule has 196 valence electrons. The molecule has 3 aromatic rings. The normalized spacial score (nSPS) is 15.1. The number of aromatic hydroxyl groups is 2. The van der Waals surface area contributed by atoms with Gasteiger partial charge in [0.1, 0.15) is 28.8 Å². The van der Waals surface area contributed by atoms with Crippen molar-refractivity contribution in [3.05, 3.63) is 82.4 Å². The van der Waals surface area contributed by atoms with Crippen LogP contribution in [-0.2, 0) is 15.1 Å². The first-order chi connectivity index (χ1) is 18.2. The molecule has 2 heterocycles. The van der Waals surface area contributed by atoms with E-state index in [0.717, 1.165) is 0 Å². The predicted molar refractivity (Wildman–Crippen MR) is 137 cm³/mol. The van der Waals surface area contributed by atoms with Gasteiger partial charge in [0.2, 0.25) is 0 Å². The Morgan fingerprint density at radius 3 is 2.21 bits per heavy atom. The van der Waals surface area contributed by atoms with Gasteiger partial charge in [0.15, 0.2) is 5.60 Å². The van der Waals surface area contributed by atoms with Crippen molar-refractivity contribution in [2.75, 3.05) is 6.54 Å². The topological polar surface area (TPSA) is 148 Å². The highest BCUT2D eigenvalue weighted by Gasteiger charge is 2.53. The van der Waals surface area contributed by atoms with Crippen LogP contribution in [0.5, 0.6) is 23.0 Å². The molecule has 0 radical (unpaired) electrons. The van der Waals surface area contributed by atoms with E-state index in [1.54, 1.807) is 31.2 Å². The van der Waals surface area contributed by atoms with Crippen molar-refractivity contribution >= 4 is 17.7 Å². The summed E-state index contributed by atoms with van der Waals surface area (Å²) in [5.41, 5.74) is 6.56. The lowest BCUT2D eigenvalue weighted by molar-refractivity contribution is -0.120. The van der Waals surface area contributed by atoms with Crippen LogP contribution in [-0.4, -0.2) is 40.5 Å². The highest BCUT2D eigenvalue weighted by Crippen LogP contribution is 2.57. The summed E-state index contributed by atoms with van der Waals surface area (Å²) in [5, 5.41) is 22.9. The van der Waals surface area contributed by atoms with Crippen LogP contribution in [0.2, 0.25) is 0 Å². The molecule has 0 aromatic heterocycles. The molecular weight excluding hydrogens is 488 g/mol. The van der Waals surface area contributed by atoms with Gasteiger partial charge in [0, 0.05) is 47.4 Å². The number of phenols is 2. The van der Waals surface area contributed by atoms with Crippen LogP contribution in [0.1, 0.15) is 70.0 Å². The molecule has 1 spiro atoms. The van der Waals surface area contributed by atoms with Gasteiger partial charge in [-0.1, -0.05) is 13.0 Å². The van der Waals surface area contributed by atoms with Gasteiger partial charge >= 0.3 is 5.97 Å². The van der Waals surface area contributed by atoms with Crippen LogP contribution in [0.4, 0.5) is 0 Å². The first kappa shape index (κ1) is 25.3. The van der Waals surface area contributed by atoms with E-state index in [9.17, 15) is 24.6 Å². The van der Waals surface area contributed by atoms with Crippen molar-refractivity contribution < 1.29 is 34.1 Å². The van der Waals surface area contributed by atoms with Gasteiger partial charge in [-0.25, -0.2) is 4.79 Å². The average molecular weight is 517 g/mol. The zero-order valence-electron chi connectivity index (χ0n) is 20.8. The predicted octanol–water partition coefficient (Wildman–Crippen LogP) is 3.87. The Labute approximate surface area is 219 Å². The van der Waals surface area contributed by atoms with Gasteiger partial charge in [-0.2, -0.15) is 0 Å². The number of amides is 1. The number of carbonyl (C=O) groups excluding carboxylic acids is 3. The summed E-state index contributed by atoms with van der Waals surface area (Å²) in [6.45, 7) is 2.19. The molecule has 0 saturated carbocycles. The molecule has 0 unspecified atom stereocenters. The first-order valence-electron chi connectivity index (χ1n) is 12.5. The molecule has 0 bridgehead atoms. The maximum absolute atomic E-state index is 13.2. The third-order valence-corrected chi connectivity index (χ3v) is 7.03. The number of nitrogens with one attached hydrogen (secondary N) is 1. The number of unbranched alkanes of at least 4 members (excludes halogenated alkanes) is 1. The van der Waals surface area contributed by atoms with Crippen LogP contribution in [0.15, 0.2) is 54.6 Å². The highest BCUT2D eigenvalue weighted by atomic mass is 16.6. The Hall–Kier alpha value is -4.37. The Bertz CT molecular complexity index is 1400. The van der Waals surface area contributed by atoms with Crippen molar-refractivity contribution in [2.24, 2.45) is 5.73 Å². The summed E-state index contributed by atoms with van der Waals surface area (Å²) in [6, 6.07) is 13.4. The van der Waals surface area contributed by atoms with Gasteiger partial charge in [-0.05, 0) is 55.7 Å². The van der Waals surface area contributed by atoms with E-state index in [4.69, 9.17) is 15.2 Å². The number of hydrogen-bond donors (Lipinski definition) is 4. The number of nitrogens with two attached hydrogens (primary N) is 1. The number of Topliss-reactive ketones (excluding diaryl/α,β-unsaturated/α-hetero) is 1. The molecule has 5 rings (SSSR count). The minimum atomic E-state index is -1.37. The molecule has 2 aliphatic heterocycles. The number of benzene rings is 3. The van der Waals surface area contributed by atoms with E-state index >= 15 is 0 Å². The van der Waals surface area contributed by atoms with Crippen molar-refractivity contribution in [2.45, 2.75) is 44.2 Å². The SMILES string of the molecule is CCC(=O)[C@@H](N)CCCCNC(=O)c1ccc2c(c1)C(=O)OC21c2ccc(O)cc2Oc2cc(O)ccc21. The van der Waals surface area contributed by atoms with Crippen molar-refractivity contribution in [1.82, 2.24) is 5.32 Å². The molecule has 38 heavy (non-hydrogen) atoms. The Balaban J connectivity index is 1.41. The molecular formula is C29H28N2O7. The van der Waals surface area contributed by atoms with E-state index in [1.165, 1.54) is 30.3 Å². The lowest BCUT2D eigenvalue weighted by Crippen LogP contribution is -2.33. The summed E-state index contributed by atoms with van der Waals surface area (Å²) < 4.78 is 12.0. The highest BCUT2D eigenvalue weighted by molar-refractivity contribution is 6.01. The van der Waals surface area contributed by atoms with Crippen LogP contribution in [0.3, 0.4) is 0 Å². The average Bonchev–Trinajstić information content (AvgIpc) is 3.19. The van der Waals surface area contributed by atoms with Crippen molar-refractivity contribution in [3.8, 4) is 23.0 Å². The Kier molecular flexibility index (Phi) is 6.54. The fourth-order valence-corrected chi connectivity index (χ4v) is 5.06. The van der Waals surface area contributed by atoms with Gasteiger partial charge in [0.25, 0.3) is 5.91 Å². The molecule has 3 aromatic carbocycles. The summed E-state index contributed by atoms with van der Waals surface area (Å²) in [4.78, 5) is 37.6. The molecule has 9 heteroatoms. The Morgan fingerprint density at radius 2 is 1.58 bits per heavy atom. The van der Waals surface area contributed by atoms with E-state index in [1.807, 2.05) is 0 Å². The molecule has 5 N–H and O–H groups in total. The second kappa shape index (κ2) is 9.83. The standard InChI is InChI=1S/C29H28N2O7/c1-2-24(34)23(30)5-3-4-12-31-27(35)16-6-9-20-19(13-16)28(36)38-29(20)21-10-7-17(32)14-25(21)37-26-15-18(33)8-11-22(26)29/h6-11,13-15,23,32-33H,2-5,12,30H2,1H3,(H,31,35)/t23-/m0/s1. The van der Waals surface area contributed by atoms with Gasteiger partial charge in [0.05, 0.1) is 11.6 Å². The fraction of sp³-hybridized carbons (Fsp3) is 0.276. The maximum Gasteiger partial charge on any atom is 0.340 e. The molecule has 9 nitrogen and oxygen atoms in total. The second-order valence-corrected chi connectivity index (χ2v) is 9.47. The molecule has 0 saturated heterocycles. The number of carbonyl (C=O) groups is 3. The number of ketones is 1. The quantitative estimate of drug-likeness (QED) is 0.260. The van der Waals surface area contributed by atoms with E-state index in [0.29, 0.717) is 54.5 Å². The number of ether oxygens (including phenoxy) is 2.